The highest BCUT2D eigenvalue weighted by atomic mass is 16.7. The Bertz CT molecular complexity index is 747. The fraction of sp³-hybridized carbons (Fsp3) is 0.455. The molecule has 0 atom stereocenters. The summed E-state index contributed by atoms with van der Waals surface area (Å²) in [6.45, 7) is 13.3. The van der Waals surface area contributed by atoms with Crippen LogP contribution >= 0.6 is 0 Å². The van der Waals surface area contributed by atoms with Gasteiger partial charge >= 0.3 is 0 Å². The molecule has 0 radical (unpaired) electrons. The van der Waals surface area contributed by atoms with E-state index < -0.39 is 5.91 Å². The molecule has 0 heterocycles. The van der Waals surface area contributed by atoms with E-state index in [4.69, 9.17) is 28.4 Å². The molecule has 0 bridgehead atoms. The van der Waals surface area contributed by atoms with Gasteiger partial charge in [-0.2, -0.15) is 0 Å². The van der Waals surface area contributed by atoms with Crippen molar-refractivity contribution in [2.75, 3.05) is 45.3 Å². The molecule has 0 aromatic heterocycles. The maximum absolute atomic E-state index is 12.0. The SMILES string of the molecule is C=C(C)OCOCCOc1ccc(OCCOCOC(=C)C)c(NC(=O)CC(C)=O)c1. The highest BCUT2D eigenvalue weighted by Crippen LogP contribution is 2.29. The predicted molar refractivity (Wildman–Crippen MR) is 115 cm³/mol. The standard InChI is InChI=1S/C22H31NO8/c1-16(2)30-14-26-8-10-28-19-6-7-21(29-11-9-27-15-31-17(3)4)20(13-19)23-22(25)12-18(5)24/h6-7,13H,1,3,8-12,14-15H2,2,4-5H3,(H,23,25). The topological polar surface area (TPSA) is 102 Å². The molecule has 0 aliphatic heterocycles. The van der Waals surface area contributed by atoms with Gasteiger partial charge in [0.05, 0.1) is 36.8 Å². The minimum absolute atomic E-state index is 0.0765. The van der Waals surface area contributed by atoms with Crippen LogP contribution in [-0.4, -0.2) is 51.7 Å². The van der Waals surface area contributed by atoms with Gasteiger partial charge in [-0.1, -0.05) is 13.2 Å². The largest absolute Gasteiger partial charge is 0.491 e. The van der Waals surface area contributed by atoms with Gasteiger partial charge in [-0.25, -0.2) is 0 Å². The van der Waals surface area contributed by atoms with Crippen LogP contribution in [0, 0.1) is 0 Å². The van der Waals surface area contributed by atoms with E-state index in [0.717, 1.165) is 0 Å². The zero-order chi connectivity index (χ0) is 23.1. The van der Waals surface area contributed by atoms with Gasteiger partial charge in [-0.3, -0.25) is 9.59 Å². The molecule has 0 aliphatic rings. The molecule has 0 aliphatic carbocycles. The Hall–Kier alpha value is -3.04. The summed E-state index contributed by atoms with van der Waals surface area (Å²) in [6, 6.07) is 4.97. The first-order valence-electron chi connectivity index (χ1n) is 9.69. The number of hydrogen-bond donors (Lipinski definition) is 1. The van der Waals surface area contributed by atoms with Crippen molar-refractivity contribution < 1.29 is 38.0 Å². The molecule has 172 valence electrons. The van der Waals surface area contributed by atoms with Crippen molar-refractivity contribution in [1.82, 2.24) is 0 Å². The predicted octanol–water partition coefficient (Wildman–Crippen LogP) is 3.41. The number of anilines is 1. The Morgan fingerprint density at radius 1 is 0.871 bits per heavy atom. The number of carbonyl (C=O) groups is 2. The third kappa shape index (κ3) is 13.0. The lowest BCUT2D eigenvalue weighted by molar-refractivity contribution is -0.124. The Labute approximate surface area is 182 Å². The van der Waals surface area contributed by atoms with E-state index in [0.29, 0.717) is 35.3 Å². The van der Waals surface area contributed by atoms with Crippen LogP contribution in [0.25, 0.3) is 0 Å². The highest BCUT2D eigenvalue weighted by Gasteiger charge is 2.12. The second kappa shape index (κ2) is 14.9. The van der Waals surface area contributed by atoms with Gasteiger partial charge < -0.3 is 33.7 Å². The van der Waals surface area contributed by atoms with E-state index in [1.165, 1.54) is 6.92 Å². The maximum atomic E-state index is 12.0. The fourth-order valence-electron chi connectivity index (χ4n) is 2.07. The average Bonchev–Trinajstić information content (AvgIpc) is 2.67. The molecule has 1 rings (SSSR count). The van der Waals surface area contributed by atoms with E-state index in [-0.39, 0.29) is 45.6 Å². The molecule has 0 saturated carbocycles. The van der Waals surface area contributed by atoms with Crippen molar-refractivity contribution >= 4 is 17.4 Å². The number of hydrogen-bond acceptors (Lipinski definition) is 8. The third-order valence-corrected chi connectivity index (χ3v) is 3.39. The van der Waals surface area contributed by atoms with Crippen molar-refractivity contribution in [3.05, 3.63) is 42.9 Å². The van der Waals surface area contributed by atoms with Crippen molar-refractivity contribution in [2.45, 2.75) is 27.2 Å². The van der Waals surface area contributed by atoms with Crippen molar-refractivity contribution in [3.8, 4) is 11.5 Å². The molecule has 1 aromatic carbocycles. The molecule has 0 spiro atoms. The van der Waals surface area contributed by atoms with Gasteiger partial charge in [0.1, 0.15) is 30.5 Å². The first kappa shape index (κ1) is 26.0. The average molecular weight is 437 g/mol. The lowest BCUT2D eigenvalue weighted by Crippen LogP contribution is -2.16. The van der Waals surface area contributed by atoms with Crippen LogP contribution in [0.2, 0.25) is 0 Å². The van der Waals surface area contributed by atoms with E-state index in [9.17, 15) is 9.59 Å². The first-order chi connectivity index (χ1) is 14.8. The summed E-state index contributed by atoms with van der Waals surface area (Å²) in [4.78, 5) is 23.2. The second-order valence-electron chi connectivity index (χ2n) is 6.53. The van der Waals surface area contributed by atoms with E-state index in [1.807, 2.05) is 0 Å². The van der Waals surface area contributed by atoms with Crippen LogP contribution < -0.4 is 14.8 Å². The van der Waals surface area contributed by atoms with Crippen molar-refractivity contribution in [3.63, 3.8) is 0 Å². The summed E-state index contributed by atoms with van der Waals surface area (Å²) in [5.41, 5.74) is 0.383. The van der Waals surface area contributed by atoms with Gasteiger partial charge in [-0.15, -0.1) is 0 Å². The Morgan fingerprint density at radius 2 is 1.45 bits per heavy atom. The van der Waals surface area contributed by atoms with Gasteiger partial charge in [0, 0.05) is 6.07 Å². The van der Waals surface area contributed by atoms with E-state index >= 15 is 0 Å². The molecule has 0 saturated heterocycles. The van der Waals surface area contributed by atoms with Crippen LogP contribution in [0.3, 0.4) is 0 Å². The Kier molecular flexibility index (Phi) is 12.5. The lowest BCUT2D eigenvalue weighted by Gasteiger charge is -2.15. The molecule has 31 heavy (non-hydrogen) atoms. The number of allylic oxidation sites excluding steroid dienone is 2. The smallest absolute Gasteiger partial charge is 0.231 e. The Morgan fingerprint density at radius 3 is 2.00 bits per heavy atom. The minimum Gasteiger partial charge on any atom is -0.491 e. The van der Waals surface area contributed by atoms with E-state index in [1.54, 1.807) is 32.0 Å². The summed E-state index contributed by atoms with van der Waals surface area (Å²) < 4.78 is 32.0. The summed E-state index contributed by atoms with van der Waals surface area (Å²) in [7, 11) is 0. The molecule has 9 nitrogen and oxygen atoms in total. The normalized spacial score (nSPS) is 10.2. The van der Waals surface area contributed by atoms with Gasteiger partial charge in [-0.05, 0) is 32.9 Å². The quantitative estimate of drug-likeness (QED) is 0.171. The molecule has 1 amide bonds. The first-order valence-corrected chi connectivity index (χ1v) is 9.69. The minimum atomic E-state index is -0.444. The zero-order valence-electron chi connectivity index (χ0n) is 18.4. The number of benzene rings is 1. The number of ether oxygens (including phenoxy) is 6. The summed E-state index contributed by atoms with van der Waals surface area (Å²) >= 11 is 0. The summed E-state index contributed by atoms with van der Waals surface area (Å²) in [5.74, 6) is 1.35. The fourth-order valence-corrected chi connectivity index (χ4v) is 2.07. The van der Waals surface area contributed by atoms with Crippen LogP contribution in [-0.2, 0) is 28.5 Å². The molecular weight excluding hydrogens is 406 g/mol. The molecule has 9 heteroatoms. The monoisotopic (exact) mass is 437 g/mol. The number of ketones is 1. The number of amides is 1. The number of rotatable bonds is 17. The number of Topliss-reactive ketones (excluding diaryl/α,β-unsaturated/α-hetero) is 1. The number of carbonyl (C=O) groups excluding carboxylic acids is 2. The van der Waals surface area contributed by atoms with Crippen LogP contribution in [0.1, 0.15) is 27.2 Å². The van der Waals surface area contributed by atoms with Crippen LogP contribution in [0.4, 0.5) is 5.69 Å². The highest BCUT2D eigenvalue weighted by molar-refractivity contribution is 6.04. The van der Waals surface area contributed by atoms with Gasteiger partial charge in [0.15, 0.2) is 13.6 Å². The van der Waals surface area contributed by atoms with Crippen LogP contribution in [0.5, 0.6) is 11.5 Å². The maximum Gasteiger partial charge on any atom is 0.231 e. The van der Waals surface area contributed by atoms with Crippen molar-refractivity contribution in [2.24, 2.45) is 0 Å². The third-order valence-electron chi connectivity index (χ3n) is 3.39. The molecular formula is C22H31NO8. The number of nitrogens with one attached hydrogen (secondary N) is 1. The molecule has 1 N–H and O–H groups in total. The van der Waals surface area contributed by atoms with Crippen LogP contribution in [0.15, 0.2) is 42.9 Å². The Balaban J connectivity index is 2.61. The summed E-state index contributed by atoms with van der Waals surface area (Å²) in [5, 5.41) is 2.67. The van der Waals surface area contributed by atoms with Gasteiger partial charge in [0.2, 0.25) is 5.91 Å². The molecule has 0 unspecified atom stereocenters. The zero-order valence-corrected chi connectivity index (χ0v) is 18.4. The lowest BCUT2D eigenvalue weighted by atomic mass is 10.2. The molecule has 0 fully saturated rings. The van der Waals surface area contributed by atoms with Gasteiger partial charge in [0.25, 0.3) is 0 Å². The van der Waals surface area contributed by atoms with Crippen molar-refractivity contribution in [1.29, 1.82) is 0 Å². The second-order valence-corrected chi connectivity index (χ2v) is 6.53. The summed E-state index contributed by atoms with van der Waals surface area (Å²) in [6.07, 6.45) is -0.234. The van der Waals surface area contributed by atoms with E-state index in [2.05, 4.69) is 18.5 Å². The molecule has 1 aromatic rings.